The maximum absolute atomic E-state index is 6.03. The molecule has 0 amide bonds. The Balaban J connectivity index is 2.10. The summed E-state index contributed by atoms with van der Waals surface area (Å²) in [4.78, 5) is 4.44. The van der Waals surface area contributed by atoms with Crippen molar-refractivity contribution in [1.82, 2.24) is 9.55 Å². The predicted molar refractivity (Wildman–Crippen MR) is 79.4 cm³/mol. The lowest BCUT2D eigenvalue weighted by atomic mass is 10.2. The fourth-order valence-electron chi connectivity index (χ4n) is 2.29. The van der Waals surface area contributed by atoms with Crippen LogP contribution in [-0.2, 0) is 6.54 Å². The van der Waals surface area contributed by atoms with Gasteiger partial charge in [-0.3, -0.25) is 0 Å². The number of halogens is 1. The van der Waals surface area contributed by atoms with Crippen LogP contribution in [0.2, 0.25) is 5.02 Å². The molecule has 0 fully saturated rings. The monoisotopic (exact) mass is 271 g/mol. The number of rotatable bonds is 2. The Morgan fingerprint density at radius 1 is 1.21 bits per heavy atom. The molecule has 0 aliphatic heterocycles. The maximum Gasteiger partial charge on any atom is 0.201 e. The minimum atomic E-state index is 0.532. The Hall–Kier alpha value is -2.00. The lowest BCUT2D eigenvalue weighted by Crippen LogP contribution is -2.04. The van der Waals surface area contributed by atoms with Crippen molar-refractivity contribution >= 4 is 28.6 Å². The number of para-hydroxylation sites is 1. The van der Waals surface area contributed by atoms with E-state index in [1.807, 2.05) is 54.0 Å². The number of aryl methyl sites for hydroxylation is 1. The molecule has 4 heteroatoms. The van der Waals surface area contributed by atoms with E-state index >= 15 is 0 Å². The topological polar surface area (TPSA) is 43.8 Å². The molecule has 0 saturated carbocycles. The van der Waals surface area contributed by atoms with Crippen molar-refractivity contribution in [3.8, 4) is 0 Å². The van der Waals surface area contributed by atoms with Crippen LogP contribution < -0.4 is 5.73 Å². The van der Waals surface area contributed by atoms with Crippen LogP contribution in [0.3, 0.4) is 0 Å². The number of imidazole rings is 1. The van der Waals surface area contributed by atoms with Crippen molar-refractivity contribution in [3.63, 3.8) is 0 Å². The van der Waals surface area contributed by atoms with Gasteiger partial charge in [0.2, 0.25) is 5.95 Å². The van der Waals surface area contributed by atoms with Gasteiger partial charge in [-0.05, 0) is 36.2 Å². The van der Waals surface area contributed by atoms with Crippen LogP contribution in [-0.4, -0.2) is 9.55 Å². The number of aromatic nitrogens is 2. The van der Waals surface area contributed by atoms with Crippen LogP contribution >= 0.6 is 11.6 Å². The molecule has 19 heavy (non-hydrogen) atoms. The predicted octanol–water partition coefficient (Wildman–Crippen LogP) is 3.63. The van der Waals surface area contributed by atoms with Crippen molar-refractivity contribution < 1.29 is 0 Å². The van der Waals surface area contributed by atoms with Gasteiger partial charge in [-0.15, -0.1) is 0 Å². The largest absolute Gasteiger partial charge is 0.369 e. The lowest BCUT2D eigenvalue weighted by Gasteiger charge is -2.07. The Labute approximate surface area is 116 Å². The highest BCUT2D eigenvalue weighted by atomic mass is 35.5. The standard InChI is InChI=1S/C15H14ClN3/c1-10-4-2-7-13-14(10)18-15(17)19(13)9-11-5-3-6-12(16)8-11/h2-8H,9H2,1H3,(H2,17,18). The van der Waals surface area contributed by atoms with Gasteiger partial charge in [-0.2, -0.15) is 0 Å². The summed E-state index contributed by atoms with van der Waals surface area (Å²) in [6.45, 7) is 2.71. The fourth-order valence-corrected chi connectivity index (χ4v) is 2.50. The SMILES string of the molecule is Cc1cccc2c1nc(N)n2Cc1cccc(Cl)c1. The normalized spacial score (nSPS) is 11.1. The van der Waals surface area contributed by atoms with E-state index in [4.69, 9.17) is 17.3 Å². The highest BCUT2D eigenvalue weighted by Crippen LogP contribution is 2.22. The van der Waals surface area contributed by atoms with Gasteiger partial charge >= 0.3 is 0 Å². The summed E-state index contributed by atoms with van der Waals surface area (Å²) in [5, 5.41) is 0.733. The highest BCUT2D eigenvalue weighted by Gasteiger charge is 2.10. The van der Waals surface area contributed by atoms with Gasteiger partial charge in [-0.1, -0.05) is 35.9 Å². The first-order valence-electron chi connectivity index (χ1n) is 6.11. The lowest BCUT2D eigenvalue weighted by molar-refractivity contribution is 0.838. The average Bonchev–Trinajstić information content (AvgIpc) is 2.69. The van der Waals surface area contributed by atoms with Crippen LogP contribution in [0.25, 0.3) is 11.0 Å². The molecule has 2 aromatic carbocycles. The van der Waals surface area contributed by atoms with Crippen LogP contribution in [0.5, 0.6) is 0 Å². The summed E-state index contributed by atoms with van der Waals surface area (Å²) >= 11 is 6.01. The molecule has 0 radical (unpaired) electrons. The van der Waals surface area contributed by atoms with E-state index in [0.29, 0.717) is 12.5 Å². The van der Waals surface area contributed by atoms with E-state index in [1.165, 1.54) is 0 Å². The Morgan fingerprint density at radius 3 is 2.79 bits per heavy atom. The molecule has 0 aliphatic rings. The van der Waals surface area contributed by atoms with Crippen molar-refractivity contribution in [1.29, 1.82) is 0 Å². The van der Waals surface area contributed by atoms with Gasteiger partial charge in [0.15, 0.2) is 0 Å². The molecule has 0 aliphatic carbocycles. The second-order valence-electron chi connectivity index (χ2n) is 4.63. The van der Waals surface area contributed by atoms with Crippen molar-refractivity contribution in [2.45, 2.75) is 13.5 Å². The summed E-state index contributed by atoms with van der Waals surface area (Å²) in [6.07, 6.45) is 0. The average molecular weight is 272 g/mol. The van der Waals surface area contributed by atoms with Gasteiger partial charge < -0.3 is 10.3 Å². The first kappa shape index (κ1) is 12.1. The molecule has 0 spiro atoms. The molecule has 3 aromatic rings. The summed E-state index contributed by atoms with van der Waals surface area (Å²) < 4.78 is 2.01. The van der Waals surface area contributed by atoms with E-state index in [1.54, 1.807) is 0 Å². The maximum atomic E-state index is 6.03. The van der Waals surface area contributed by atoms with E-state index < -0.39 is 0 Å². The molecule has 0 bridgehead atoms. The molecule has 0 atom stereocenters. The molecule has 0 unspecified atom stereocenters. The molecule has 1 aromatic heterocycles. The molecule has 1 heterocycles. The van der Waals surface area contributed by atoms with Gasteiger partial charge in [0.1, 0.15) is 0 Å². The number of hydrogen-bond acceptors (Lipinski definition) is 2. The zero-order valence-electron chi connectivity index (χ0n) is 10.6. The molecule has 3 nitrogen and oxygen atoms in total. The third-order valence-electron chi connectivity index (χ3n) is 3.24. The quantitative estimate of drug-likeness (QED) is 0.773. The molecule has 0 saturated heterocycles. The molecular weight excluding hydrogens is 258 g/mol. The number of hydrogen-bond donors (Lipinski definition) is 1. The Bertz CT molecular complexity index is 746. The van der Waals surface area contributed by atoms with Crippen LogP contribution in [0, 0.1) is 6.92 Å². The molecular formula is C15H14ClN3. The fraction of sp³-hybridized carbons (Fsp3) is 0.133. The third kappa shape index (κ3) is 2.17. The minimum Gasteiger partial charge on any atom is -0.369 e. The zero-order chi connectivity index (χ0) is 13.4. The van der Waals surface area contributed by atoms with Gasteiger partial charge in [-0.25, -0.2) is 4.98 Å². The van der Waals surface area contributed by atoms with Crippen molar-refractivity contribution in [2.24, 2.45) is 0 Å². The molecule has 96 valence electrons. The van der Waals surface area contributed by atoms with Crippen molar-refractivity contribution in [3.05, 3.63) is 58.6 Å². The van der Waals surface area contributed by atoms with Gasteiger partial charge in [0.25, 0.3) is 0 Å². The molecule has 3 rings (SSSR count). The Morgan fingerprint density at radius 2 is 2.00 bits per heavy atom. The van der Waals surface area contributed by atoms with Crippen LogP contribution in [0.1, 0.15) is 11.1 Å². The zero-order valence-corrected chi connectivity index (χ0v) is 11.4. The van der Waals surface area contributed by atoms with Gasteiger partial charge in [0, 0.05) is 5.02 Å². The highest BCUT2D eigenvalue weighted by molar-refractivity contribution is 6.30. The van der Waals surface area contributed by atoms with Gasteiger partial charge in [0.05, 0.1) is 17.6 Å². The Kier molecular flexibility index (Phi) is 2.91. The second-order valence-corrected chi connectivity index (χ2v) is 5.07. The summed E-state index contributed by atoms with van der Waals surface area (Å²) in [7, 11) is 0. The first-order chi connectivity index (χ1) is 9.15. The number of fused-ring (bicyclic) bond motifs is 1. The third-order valence-corrected chi connectivity index (χ3v) is 3.47. The van der Waals surface area contributed by atoms with E-state index in [0.717, 1.165) is 27.2 Å². The summed E-state index contributed by atoms with van der Waals surface area (Å²) in [5.41, 5.74) is 10.3. The van der Waals surface area contributed by atoms with E-state index in [2.05, 4.69) is 4.98 Å². The smallest absolute Gasteiger partial charge is 0.201 e. The number of anilines is 1. The summed E-state index contributed by atoms with van der Waals surface area (Å²) in [6, 6.07) is 13.9. The number of nitrogen functional groups attached to an aromatic ring is 1. The van der Waals surface area contributed by atoms with E-state index in [-0.39, 0.29) is 0 Å². The minimum absolute atomic E-state index is 0.532. The van der Waals surface area contributed by atoms with Crippen molar-refractivity contribution in [2.75, 3.05) is 5.73 Å². The first-order valence-corrected chi connectivity index (χ1v) is 6.49. The number of nitrogens with two attached hydrogens (primary N) is 1. The van der Waals surface area contributed by atoms with Crippen LogP contribution in [0.15, 0.2) is 42.5 Å². The number of nitrogens with zero attached hydrogens (tertiary/aromatic N) is 2. The van der Waals surface area contributed by atoms with E-state index in [9.17, 15) is 0 Å². The number of benzene rings is 2. The summed E-state index contributed by atoms with van der Waals surface area (Å²) in [5.74, 6) is 0.532. The second kappa shape index (κ2) is 4.59. The van der Waals surface area contributed by atoms with Crippen LogP contribution in [0.4, 0.5) is 5.95 Å². The molecule has 2 N–H and O–H groups in total.